The van der Waals surface area contributed by atoms with Gasteiger partial charge < -0.3 is 23.7 Å². The summed E-state index contributed by atoms with van der Waals surface area (Å²) in [6.07, 6.45) is -12.0. The lowest BCUT2D eigenvalue weighted by atomic mass is 9.99. The van der Waals surface area contributed by atoms with Gasteiger partial charge in [0.2, 0.25) is 6.29 Å². The normalized spacial score (nSPS) is 22.7. The highest BCUT2D eigenvalue weighted by Gasteiger charge is 2.61. The molecule has 10 nitrogen and oxygen atoms in total. The van der Waals surface area contributed by atoms with Crippen molar-refractivity contribution in [1.29, 1.82) is 0 Å². The van der Waals surface area contributed by atoms with Crippen LogP contribution in [0.1, 0.15) is 19.4 Å². The van der Waals surface area contributed by atoms with Crippen LogP contribution in [-0.2, 0) is 30.3 Å². The quantitative estimate of drug-likeness (QED) is 0.215. The van der Waals surface area contributed by atoms with Gasteiger partial charge in [-0.2, -0.15) is 27.4 Å². The summed E-state index contributed by atoms with van der Waals surface area (Å²) in [6.45, 7) is 4.59. The molecule has 4 rings (SSSR count). The first-order valence-electron chi connectivity index (χ1n) is 12.9. The van der Waals surface area contributed by atoms with Crippen LogP contribution in [0, 0.1) is 0 Å². The number of aromatic nitrogens is 3. The zero-order valence-corrected chi connectivity index (χ0v) is 24.4. The van der Waals surface area contributed by atoms with Gasteiger partial charge in [0.1, 0.15) is 30.4 Å². The van der Waals surface area contributed by atoms with Crippen LogP contribution in [0.25, 0.3) is 17.1 Å². The molecule has 16 heteroatoms. The molecule has 0 bridgehead atoms. The second kappa shape index (κ2) is 14.7. The number of nitrogens with zero attached hydrogens (tertiary/aromatic N) is 3. The van der Waals surface area contributed by atoms with E-state index in [0.717, 1.165) is 17.7 Å². The predicted octanol–water partition coefficient (Wildman–Crippen LogP) is 5.09. The molecule has 1 fully saturated rings. The van der Waals surface area contributed by atoms with Crippen molar-refractivity contribution < 1.29 is 50.5 Å². The molecule has 1 saturated heterocycles. The van der Waals surface area contributed by atoms with Crippen molar-refractivity contribution in [2.75, 3.05) is 20.8 Å². The number of hydrogen-bond donors (Lipinski definition) is 1. The molecule has 5 atom stereocenters. The van der Waals surface area contributed by atoms with Crippen LogP contribution >= 0.6 is 12.4 Å². The van der Waals surface area contributed by atoms with Gasteiger partial charge in [0.25, 0.3) is 0 Å². The fourth-order valence-corrected chi connectivity index (χ4v) is 4.39. The zero-order valence-electron chi connectivity index (χ0n) is 23.6. The van der Waals surface area contributed by atoms with Crippen molar-refractivity contribution in [2.24, 2.45) is 0 Å². The average Bonchev–Trinajstić information content (AvgIpc) is 3.44. The SMILES string of the molecule is CCO[C@@H]1[C@H](OC)[C@H](ONCc2ccc(-c3ncn(-c4ccc(OC(F)(F)C(F)(F)F)cc4)n3)cc2)O[C@@H](C)[C@@H]1OC.Cl. The second-order valence-corrected chi connectivity index (χ2v) is 9.29. The van der Waals surface area contributed by atoms with E-state index in [2.05, 4.69) is 20.3 Å². The van der Waals surface area contributed by atoms with E-state index in [1.54, 1.807) is 26.4 Å². The van der Waals surface area contributed by atoms with Crippen molar-refractivity contribution in [1.82, 2.24) is 20.2 Å². The van der Waals surface area contributed by atoms with Gasteiger partial charge in [-0.1, -0.05) is 24.3 Å². The van der Waals surface area contributed by atoms with Crippen LogP contribution in [0.2, 0.25) is 0 Å². The fraction of sp³-hybridized carbons (Fsp3) is 0.481. The van der Waals surface area contributed by atoms with Gasteiger partial charge in [0.05, 0.1) is 11.8 Å². The number of ether oxygens (including phenoxy) is 5. The van der Waals surface area contributed by atoms with Crippen molar-refractivity contribution >= 4 is 12.4 Å². The molecule has 1 N–H and O–H groups in total. The first-order valence-corrected chi connectivity index (χ1v) is 12.9. The van der Waals surface area contributed by atoms with E-state index < -0.39 is 30.4 Å². The first-order chi connectivity index (χ1) is 20.0. The topological polar surface area (TPSA) is 98.1 Å². The maximum absolute atomic E-state index is 13.1. The summed E-state index contributed by atoms with van der Waals surface area (Å²) in [5.41, 5.74) is 4.87. The third-order valence-corrected chi connectivity index (χ3v) is 6.49. The van der Waals surface area contributed by atoms with Gasteiger partial charge in [-0.25, -0.2) is 9.67 Å². The molecule has 43 heavy (non-hydrogen) atoms. The maximum atomic E-state index is 13.1. The number of nitrogens with one attached hydrogen (secondary N) is 1. The highest BCUT2D eigenvalue weighted by atomic mass is 35.5. The molecule has 1 aliphatic heterocycles. The Morgan fingerprint density at radius 1 is 0.930 bits per heavy atom. The van der Waals surface area contributed by atoms with Gasteiger partial charge in [0, 0.05) is 32.9 Å². The lowest BCUT2D eigenvalue weighted by molar-refractivity contribution is -0.360. The van der Waals surface area contributed by atoms with Gasteiger partial charge in [0.15, 0.2) is 5.82 Å². The lowest BCUT2D eigenvalue weighted by Gasteiger charge is -2.43. The predicted molar refractivity (Wildman–Crippen MR) is 145 cm³/mol. The molecule has 0 amide bonds. The Bertz CT molecular complexity index is 1280. The molecular weight excluding hydrogens is 607 g/mol. The van der Waals surface area contributed by atoms with E-state index in [1.165, 1.54) is 23.1 Å². The van der Waals surface area contributed by atoms with Crippen molar-refractivity contribution in [3.8, 4) is 22.8 Å². The molecular formula is C27H32ClF5N4O6. The van der Waals surface area contributed by atoms with Crippen LogP contribution in [0.4, 0.5) is 22.0 Å². The Labute approximate surface area is 250 Å². The zero-order chi connectivity index (χ0) is 30.5. The Morgan fingerprint density at radius 2 is 1.58 bits per heavy atom. The molecule has 0 saturated carbocycles. The highest BCUT2D eigenvalue weighted by Crippen LogP contribution is 2.37. The fourth-order valence-electron chi connectivity index (χ4n) is 4.39. The molecule has 3 aromatic rings. The Balaban J connectivity index is 0.00000506. The summed E-state index contributed by atoms with van der Waals surface area (Å²) in [5, 5.41) is 4.35. The van der Waals surface area contributed by atoms with E-state index in [9.17, 15) is 22.0 Å². The van der Waals surface area contributed by atoms with Gasteiger partial charge >= 0.3 is 12.3 Å². The molecule has 2 heterocycles. The molecule has 0 radical (unpaired) electrons. The Morgan fingerprint density at radius 3 is 2.16 bits per heavy atom. The summed E-state index contributed by atoms with van der Waals surface area (Å²) in [6, 6.07) is 11.8. The molecule has 0 spiro atoms. The van der Waals surface area contributed by atoms with Crippen LogP contribution < -0.4 is 10.2 Å². The van der Waals surface area contributed by atoms with Crippen molar-refractivity contribution in [3.05, 3.63) is 60.4 Å². The van der Waals surface area contributed by atoms with Crippen molar-refractivity contribution in [2.45, 2.75) is 63.4 Å². The van der Waals surface area contributed by atoms with Crippen molar-refractivity contribution in [3.63, 3.8) is 0 Å². The molecule has 2 aromatic carbocycles. The number of hydrogen-bond acceptors (Lipinski definition) is 9. The van der Waals surface area contributed by atoms with Crippen LogP contribution in [0.15, 0.2) is 54.9 Å². The van der Waals surface area contributed by atoms with Crippen LogP contribution in [0.5, 0.6) is 5.75 Å². The van der Waals surface area contributed by atoms with Crippen LogP contribution in [-0.4, -0.2) is 78.6 Å². The minimum Gasteiger partial charge on any atom is -0.426 e. The summed E-state index contributed by atoms with van der Waals surface area (Å²) in [5.74, 6) is -0.276. The Kier molecular flexibility index (Phi) is 11.8. The van der Waals surface area contributed by atoms with Gasteiger partial charge in [-0.3, -0.25) is 4.84 Å². The summed E-state index contributed by atoms with van der Waals surface area (Å²) < 4.78 is 91.4. The Hall–Kier alpha value is -2.92. The summed E-state index contributed by atoms with van der Waals surface area (Å²) in [4.78, 5) is 10.0. The second-order valence-electron chi connectivity index (χ2n) is 9.29. The average molecular weight is 639 g/mol. The number of alkyl halides is 5. The number of halogens is 6. The van der Waals surface area contributed by atoms with E-state index in [1.807, 2.05) is 26.0 Å². The van der Waals surface area contributed by atoms with Gasteiger partial charge in [-0.05, 0) is 43.7 Å². The molecule has 238 valence electrons. The minimum atomic E-state index is -5.83. The third kappa shape index (κ3) is 8.17. The minimum absolute atomic E-state index is 0. The van der Waals surface area contributed by atoms with E-state index in [-0.39, 0.29) is 30.7 Å². The number of hydroxylamine groups is 1. The summed E-state index contributed by atoms with van der Waals surface area (Å²) >= 11 is 0. The molecule has 0 unspecified atom stereocenters. The first kappa shape index (κ1) is 34.6. The summed E-state index contributed by atoms with van der Waals surface area (Å²) in [7, 11) is 3.15. The van der Waals surface area contributed by atoms with Gasteiger partial charge in [-0.15, -0.1) is 17.5 Å². The molecule has 0 aliphatic carbocycles. The van der Waals surface area contributed by atoms with E-state index in [0.29, 0.717) is 30.2 Å². The maximum Gasteiger partial charge on any atom is 0.499 e. The third-order valence-electron chi connectivity index (χ3n) is 6.49. The van der Waals surface area contributed by atoms with E-state index in [4.69, 9.17) is 23.8 Å². The standard InChI is InChI=1S/C27H31F5N4O6.ClH/c1-5-39-22-21(37-3)16(2)40-25(23(22)38-4)42-34-14-17-6-8-18(9-7-17)24-33-15-36(35-24)19-10-12-20(13-11-19)41-27(31,32)26(28,29)30;/h6-13,15-16,21-23,25,34H,5,14H2,1-4H3;1H/t16-,21-,22-,23-,25-;/m0./s1. The highest BCUT2D eigenvalue weighted by molar-refractivity contribution is 5.85. The smallest absolute Gasteiger partial charge is 0.426 e. The number of methoxy groups -OCH3 is 2. The van der Waals surface area contributed by atoms with E-state index >= 15 is 0 Å². The largest absolute Gasteiger partial charge is 0.499 e. The van der Waals surface area contributed by atoms with Crippen LogP contribution in [0.3, 0.4) is 0 Å². The molecule has 1 aromatic heterocycles. The monoisotopic (exact) mass is 638 g/mol. The lowest BCUT2D eigenvalue weighted by Crippen LogP contribution is -2.60. The number of rotatable bonds is 12. The number of benzene rings is 2. The molecule has 1 aliphatic rings.